The number of aliphatic hydroxyl groups is 1. The van der Waals surface area contributed by atoms with E-state index < -0.39 is 0 Å². The average molecular weight is 551 g/mol. The van der Waals surface area contributed by atoms with E-state index in [4.69, 9.17) is 10.7 Å². The number of nitrogens with one attached hydrogen (secondary N) is 2. The Kier molecular flexibility index (Phi) is 20.9. The predicted octanol–water partition coefficient (Wildman–Crippen LogP) is 3.10. The fourth-order valence-corrected chi connectivity index (χ4v) is 5.15. The van der Waals surface area contributed by atoms with Gasteiger partial charge >= 0.3 is 0 Å². The highest BCUT2D eigenvalue weighted by atomic mass is 16.3. The molecule has 1 aliphatic heterocycles. The molecule has 0 unspecified atom stereocenters. The van der Waals surface area contributed by atoms with Gasteiger partial charge in [0.1, 0.15) is 0 Å². The van der Waals surface area contributed by atoms with Crippen LogP contribution in [0.4, 0.5) is 17.2 Å². The van der Waals surface area contributed by atoms with Crippen molar-refractivity contribution >= 4 is 17.2 Å². The van der Waals surface area contributed by atoms with E-state index in [9.17, 15) is 5.11 Å². The second kappa shape index (κ2) is 23.1. The Bertz CT molecular complexity index is 696. The van der Waals surface area contributed by atoms with E-state index in [2.05, 4.69) is 57.1 Å². The Morgan fingerprint density at radius 3 is 1.85 bits per heavy atom. The maximum absolute atomic E-state index is 9.21. The van der Waals surface area contributed by atoms with Crippen LogP contribution in [0.25, 0.3) is 0 Å². The summed E-state index contributed by atoms with van der Waals surface area (Å²) in [7, 11) is 0. The monoisotopic (exact) mass is 551 g/mol. The van der Waals surface area contributed by atoms with E-state index in [1.807, 2.05) is 13.8 Å². The summed E-state index contributed by atoms with van der Waals surface area (Å²) in [6, 6.07) is 2.08. The summed E-state index contributed by atoms with van der Waals surface area (Å²) in [5.74, 6) is 1.05. The summed E-state index contributed by atoms with van der Waals surface area (Å²) in [6.07, 6.45) is 7.67. The molecule has 0 spiro atoms. The van der Waals surface area contributed by atoms with E-state index in [1.54, 1.807) is 6.20 Å². The van der Waals surface area contributed by atoms with Gasteiger partial charge in [0, 0.05) is 45.8 Å². The molecule has 0 bridgehead atoms. The molecule has 9 nitrogen and oxygen atoms in total. The van der Waals surface area contributed by atoms with Crippen LogP contribution in [0.1, 0.15) is 66.7 Å². The number of aromatic nitrogens is 1. The number of anilines is 3. The average Bonchev–Trinajstić information content (AvgIpc) is 2.94. The van der Waals surface area contributed by atoms with Gasteiger partial charge in [-0.3, -0.25) is 0 Å². The number of nitrogen functional groups attached to an aromatic ring is 1. The largest absolute Gasteiger partial charge is 0.397 e. The number of hydrogen-bond acceptors (Lipinski definition) is 9. The molecule has 0 saturated heterocycles. The maximum Gasteiger partial charge on any atom is 0.152 e. The first kappa shape index (κ1) is 35.4. The third kappa shape index (κ3) is 14.5. The second-order valence-electron chi connectivity index (χ2n) is 10.2. The number of fused-ring (bicyclic) bond motifs is 1. The highest BCUT2D eigenvalue weighted by molar-refractivity contribution is 5.72. The fourth-order valence-electron chi connectivity index (χ4n) is 5.15. The van der Waals surface area contributed by atoms with Crippen LogP contribution in [0, 0.1) is 0 Å². The lowest BCUT2D eigenvalue weighted by atomic mass is 10.2. The Morgan fingerprint density at radius 2 is 1.31 bits per heavy atom. The fraction of sp³-hybridized carbons (Fsp3) is 0.833. The minimum atomic E-state index is 0.239. The number of hydrogen-bond donors (Lipinski definition) is 4. The Balaban J connectivity index is 0.00000371. The van der Waals surface area contributed by atoms with Gasteiger partial charge in [0.2, 0.25) is 0 Å². The summed E-state index contributed by atoms with van der Waals surface area (Å²) < 4.78 is 0. The van der Waals surface area contributed by atoms with Crippen molar-refractivity contribution in [1.82, 2.24) is 25.4 Å². The summed E-state index contributed by atoms with van der Waals surface area (Å²) >= 11 is 0. The predicted molar refractivity (Wildman–Crippen MR) is 170 cm³/mol. The molecule has 0 saturated carbocycles. The van der Waals surface area contributed by atoms with E-state index in [-0.39, 0.29) is 6.61 Å². The lowest BCUT2D eigenvalue weighted by Crippen LogP contribution is -2.46. The summed E-state index contributed by atoms with van der Waals surface area (Å²) in [5, 5.41) is 16.5. The highest BCUT2D eigenvalue weighted by Gasteiger charge is 2.23. The van der Waals surface area contributed by atoms with Crippen LogP contribution < -0.4 is 26.2 Å². The smallest absolute Gasteiger partial charge is 0.152 e. The molecular formula is C30H62N8O. The molecule has 0 aliphatic carbocycles. The molecule has 228 valence electrons. The molecule has 39 heavy (non-hydrogen) atoms. The first-order valence-electron chi connectivity index (χ1n) is 15.8. The van der Waals surface area contributed by atoms with E-state index >= 15 is 0 Å². The van der Waals surface area contributed by atoms with Gasteiger partial charge in [0.05, 0.1) is 24.2 Å². The quantitative estimate of drug-likeness (QED) is 0.162. The second-order valence-corrected chi connectivity index (χ2v) is 10.2. The summed E-state index contributed by atoms with van der Waals surface area (Å²) in [4.78, 5) is 14.5. The number of nitrogens with two attached hydrogens (primary N) is 1. The van der Waals surface area contributed by atoms with Crippen LogP contribution in [-0.4, -0.2) is 118 Å². The molecule has 0 amide bonds. The molecule has 5 N–H and O–H groups in total. The van der Waals surface area contributed by atoms with Gasteiger partial charge in [-0.2, -0.15) is 0 Å². The molecule has 1 aliphatic rings. The first-order valence-corrected chi connectivity index (χ1v) is 15.8. The molecule has 9 heteroatoms. The molecule has 1 aromatic heterocycles. The Hall–Kier alpha value is -1.65. The zero-order valence-corrected chi connectivity index (χ0v) is 26.1. The van der Waals surface area contributed by atoms with Gasteiger partial charge < -0.3 is 41.1 Å². The van der Waals surface area contributed by atoms with Crippen molar-refractivity contribution in [2.45, 2.75) is 66.7 Å². The Morgan fingerprint density at radius 1 is 0.795 bits per heavy atom. The van der Waals surface area contributed by atoms with Gasteiger partial charge in [0.15, 0.2) is 5.82 Å². The van der Waals surface area contributed by atoms with Crippen LogP contribution in [0.5, 0.6) is 0 Å². The van der Waals surface area contributed by atoms with E-state index in [1.165, 1.54) is 38.9 Å². The molecule has 0 atom stereocenters. The van der Waals surface area contributed by atoms with Gasteiger partial charge in [-0.1, -0.05) is 34.6 Å². The number of nitrogens with zero attached hydrogens (tertiary/aromatic N) is 5. The zero-order valence-electron chi connectivity index (χ0n) is 26.1. The molecule has 2 heterocycles. The van der Waals surface area contributed by atoms with E-state index in [0.717, 1.165) is 102 Å². The van der Waals surface area contributed by atoms with Gasteiger partial charge in [-0.15, -0.1) is 0 Å². The van der Waals surface area contributed by atoms with Crippen molar-refractivity contribution in [3.8, 4) is 0 Å². The van der Waals surface area contributed by atoms with Crippen molar-refractivity contribution in [2.24, 2.45) is 0 Å². The molecule has 0 radical (unpaired) electrons. The lowest BCUT2D eigenvalue weighted by molar-refractivity contribution is 0.194. The molecule has 1 aromatic rings. The van der Waals surface area contributed by atoms with Crippen LogP contribution in [0.3, 0.4) is 0 Å². The van der Waals surface area contributed by atoms with Crippen molar-refractivity contribution in [2.75, 3.05) is 114 Å². The SMILES string of the molecule is CC.CCCN(CCC)CCCNCCN1CCN(CCNCCCN(CCC)CCO)c2cc(N)cnc21. The van der Waals surface area contributed by atoms with Crippen molar-refractivity contribution in [3.63, 3.8) is 0 Å². The maximum atomic E-state index is 9.21. The van der Waals surface area contributed by atoms with Crippen molar-refractivity contribution in [1.29, 1.82) is 0 Å². The molecule has 2 rings (SSSR count). The summed E-state index contributed by atoms with van der Waals surface area (Å²) in [5.41, 5.74) is 8.00. The molecular weight excluding hydrogens is 488 g/mol. The van der Waals surface area contributed by atoms with Crippen LogP contribution >= 0.6 is 0 Å². The van der Waals surface area contributed by atoms with Gasteiger partial charge in [-0.25, -0.2) is 4.98 Å². The highest BCUT2D eigenvalue weighted by Crippen LogP contribution is 2.32. The lowest BCUT2D eigenvalue weighted by Gasteiger charge is -2.38. The minimum Gasteiger partial charge on any atom is -0.397 e. The third-order valence-electron chi connectivity index (χ3n) is 6.96. The number of pyridine rings is 1. The van der Waals surface area contributed by atoms with E-state index in [0.29, 0.717) is 0 Å². The van der Waals surface area contributed by atoms with Crippen LogP contribution in [0.15, 0.2) is 12.3 Å². The minimum absolute atomic E-state index is 0.239. The topological polar surface area (TPSA) is 96.2 Å². The number of aliphatic hydroxyl groups excluding tert-OH is 1. The Labute approximate surface area is 240 Å². The standard InChI is InChI=1S/C28H56N8O.C2H6/c1-4-13-33(14-5-2)16-7-9-31-12-19-36-21-20-35(27-24-26(29)25-32-28(27)36)18-11-30-10-8-17-34(15-6-3)22-23-37;1-2/h24-25,30-31,37H,4-23,29H2,1-3H3;1-2H3. The number of rotatable bonds is 22. The molecule has 0 fully saturated rings. The van der Waals surface area contributed by atoms with Crippen molar-refractivity contribution in [3.05, 3.63) is 12.3 Å². The molecule has 0 aromatic carbocycles. The van der Waals surface area contributed by atoms with Crippen LogP contribution in [-0.2, 0) is 0 Å². The van der Waals surface area contributed by atoms with Gasteiger partial charge in [0.25, 0.3) is 0 Å². The van der Waals surface area contributed by atoms with Gasteiger partial charge in [-0.05, 0) is 84.0 Å². The zero-order chi connectivity index (χ0) is 28.7. The first-order chi connectivity index (χ1) is 19.1. The third-order valence-corrected chi connectivity index (χ3v) is 6.96. The summed E-state index contributed by atoms with van der Waals surface area (Å²) in [6.45, 7) is 25.3. The van der Waals surface area contributed by atoms with Crippen LogP contribution in [0.2, 0.25) is 0 Å². The van der Waals surface area contributed by atoms with Crippen molar-refractivity contribution < 1.29 is 5.11 Å². The normalized spacial score (nSPS) is 13.1.